The summed E-state index contributed by atoms with van der Waals surface area (Å²) >= 11 is 0. The number of aromatic hydroxyl groups is 3. The van der Waals surface area contributed by atoms with Gasteiger partial charge in [-0.05, 0) is 48.4 Å². The molecule has 0 aliphatic carbocycles. The van der Waals surface area contributed by atoms with Gasteiger partial charge in [0.25, 0.3) is 5.91 Å². The highest BCUT2D eigenvalue weighted by Crippen LogP contribution is 2.27. The highest BCUT2D eigenvalue weighted by atomic mass is 16.3. The molecule has 146 valence electrons. The van der Waals surface area contributed by atoms with Crippen LogP contribution in [-0.4, -0.2) is 27.4 Å². The quantitative estimate of drug-likeness (QED) is 0.301. The molecule has 0 fully saturated rings. The van der Waals surface area contributed by atoms with Crippen LogP contribution in [0.3, 0.4) is 0 Å². The first-order chi connectivity index (χ1) is 13.9. The van der Waals surface area contributed by atoms with Gasteiger partial charge < -0.3 is 15.3 Å². The summed E-state index contributed by atoms with van der Waals surface area (Å²) in [5.74, 6) is -0.489. The third-order valence-electron chi connectivity index (χ3n) is 4.16. The number of phenolic OH excluding ortho intramolecular Hbond substituents is 3. The zero-order chi connectivity index (χ0) is 20.8. The number of nitrogens with zero attached hydrogens (tertiary/aromatic N) is 1. The van der Waals surface area contributed by atoms with Crippen molar-refractivity contribution < 1.29 is 20.1 Å². The number of hydrogen-bond donors (Lipinski definition) is 4. The van der Waals surface area contributed by atoms with Crippen molar-refractivity contribution in [3.05, 3.63) is 88.5 Å². The standard InChI is InChI=1S/C23H20N2O4/c1-15-3-2-4-18(11-15)23(29)25-24-14-21-17(12-20(27)13-22(21)28)8-5-16-6-9-19(26)10-7-16/h2-14,26-28H,1H3,(H,25,29)/b8-5+,24-14-. The molecule has 0 bridgehead atoms. The molecule has 0 heterocycles. The van der Waals surface area contributed by atoms with Crippen LogP contribution in [-0.2, 0) is 0 Å². The Hall–Kier alpha value is -4.06. The summed E-state index contributed by atoms with van der Waals surface area (Å²) in [5.41, 5.74) is 5.52. The second-order valence-electron chi connectivity index (χ2n) is 6.46. The van der Waals surface area contributed by atoms with Gasteiger partial charge in [0.05, 0.1) is 6.21 Å². The van der Waals surface area contributed by atoms with Gasteiger partial charge in [0.2, 0.25) is 0 Å². The van der Waals surface area contributed by atoms with Crippen molar-refractivity contribution in [3.63, 3.8) is 0 Å². The third-order valence-corrected chi connectivity index (χ3v) is 4.16. The fraction of sp³-hybridized carbons (Fsp3) is 0.0435. The number of carbonyl (C=O) groups is 1. The van der Waals surface area contributed by atoms with Crippen molar-refractivity contribution in [2.45, 2.75) is 6.92 Å². The maximum atomic E-state index is 12.2. The van der Waals surface area contributed by atoms with Crippen LogP contribution in [0.4, 0.5) is 0 Å². The maximum Gasteiger partial charge on any atom is 0.271 e. The van der Waals surface area contributed by atoms with E-state index in [0.29, 0.717) is 16.7 Å². The van der Waals surface area contributed by atoms with E-state index < -0.39 is 0 Å². The molecule has 0 radical (unpaired) electrons. The SMILES string of the molecule is Cc1cccc(C(=O)N/N=C\c2c(O)cc(O)cc2/C=C/c2ccc(O)cc2)c1. The zero-order valence-corrected chi connectivity index (χ0v) is 15.7. The molecule has 3 aromatic carbocycles. The highest BCUT2D eigenvalue weighted by molar-refractivity contribution is 5.96. The average Bonchev–Trinajstić information content (AvgIpc) is 2.69. The third kappa shape index (κ3) is 5.23. The lowest BCUT2D eigenvalue weighted by molar-refractivity contribution is 0.0955. The van der Waals surface area contributed by atoms with E-state index >= 15 is 0 Å². The van der Waals surface area contributed by atoms with Crippen molar-refractivity contribution in [1.82, 2.24) is 5.43 Å². The molecule has 0 aliphatic heterocycles. The van der Waals surface area contributed by atoms with E-state index in [1.807, 2.05) is 13.0 Å². The predicted molar refractivity (Wildman–Crippen MR) is 113 cm³/mol. The Bertz CT molecular complexity index is 1090. The van der Waals surface area contributed by atoms with Crippen LogP contribution in [0.2, 0.25) is 0 Å². The molecule has 4 N–H and O–H groups in total. The number of hydrazone groups is 1. The molecule has 3 aromatic rings. The van der Waals surface area contributed by atoms with Gasteiger partial charge >= 0.3 is 0 Å². The molecule has 0 atom stereocenters. The molecule has 0 aliphatic rings. The molecule has 29 heavy (non-hydrogen) atoms. The number of carbonyl (C=O) groups excluding carboxylic acids is 1. The maximum absolute atomic E-state index is 12.2. The van der Waals surface area contributed by atoms with E-state index in [9.17, 15) is 20.1 Å². The van der Waals surface area contributed by atoms with E-state index in [-0.39, 0.29) is 23.2 Å². The Kier molecular flexibility index (Phi) is 5.94. The summed E-state index contributed by atoms with van der Waals surface area (Å²) in [4.78, 5) is 12.2. The van der Waals surface area contributed by atoms with E-state index in [1.54, 1.807) is 54.6 Å². The fourth-order valence-corrected chi connectivity index (χ4v) is 2.70. The minimum Gasteiger partial charge on any atom is -0.508 e. The predicted octanol–water partition coefficient (Wildman–Crippen LogP) is 4.05. The van der Waals surface area contributed by atoms with Crippen LogP contribution in [0.1, 0.15) is 32.6 Å². The van der Waals surface area contributed by atoms with Crippen LogP contribution in [0, 0.1) is 6.92 Å². The zero-order valence-electron chi connectivity index (χ0n) is 15.7. The summed E-state index contributed by atoms with van der Waals surface area (Å²) in [6.45, 7) is 1.89. The van der Waals surface area contributed by atoms with E-state index in [1.165, 1.54) is 18.3 Å². The molecule has 0 saturated carbocycles. The molecule has 0 unspecified atom stereocenters. The summed E-state index contributed by atoms with van der Waals surface area (Å²) in [6, 6.07) is 16.3. The first kappa shape index (κ1) is 19.7. The molecule has 0 aromatic heterocycles. The fourth-order valence-electron chi connectivity index (χ4n) is 2.70. The van der Waals surface area contributed by atoms with Crippen molar-refractivity contribution in [2.24, 2.45) is 5.10 Å². The molecule has 3 rings (SSSR count). The van der Waals surface area contributed by atoms with Gasteiger partial charge in [-0.25, -0.2) is 5.43 Å². The van der Waals surface area contributed by atoms with Crippen LogP contribution in [0.25, 0.3) is 12.2 Å². The first-order valence-corrected chi connectivity index (χ1v) is 8.85. The van der Waals surface area contributed by atoms with Crippen molar-refractivity contribution in [1.29, 1.82) is 0 Å². The number of nitrogens with one attached hydrogen (secondary N) is 1. The second kappa shape index (κ2) is 8.75. The number of hydrogen-bond acceptors (Lipinski definition) is 5. The van der Waals surface area contributed by atoms with Crippen LogP contribution < -0.4 is 5.43 Å². The lowest BCUT2D eigenvalue weighted by Crippen LogP contribution is -2.17. The summed E-state index contributed by atoms with van der Waals surface area (Å²) in [7, 11) is 0. The van der Waals surface area contributed by atoms with Crippen LogP contribution in [0.15, 0.2) is 65.8 Å². The number of benzene rings is 3. The minimum atomic E-state index is -0.371. The van der Waals surface area contributed by atoms with E-state index in [4.69, 9.17) is 0 Å². The first-order valence-electron chi connectivity index (χ1n) is 8.85. The van der Waals surface area contributed by atoms with Gasteiger partial charge in [0.1, 0.15) is 17.2 Å². The lowest BCUT2D eigenvalue weighted by atomic mass is 10.0. The number of amides is 1. The summed E-state index contributed by atoms with van der Waals surface area (Å²) in [6.07, 6.45) is 4.77. The second-order valence-corrected chi connectivity index (χ2v) is 6.46. The van der Waals surface area contributed by atoms with Crippen LogP contribution in [0.5, 0.6) is 17.2 Å². The van der Waals surface area contributed by atoms with Gasteiger partial charge in [0, 0.05) is 17.2 Å². The molecule has 6 heteroatoms. The van der Waals surface area contributed by atoms with Gasteiger partial charge in [-0.15, -0.1) is 0 Å². The lowest BCUT2D eigenvalue weighted by Gasteiger charge is -2.06. The van der Waals surface area contributed by atoms with Gasteiger partial charge in [-0.2, -0.15) is 5.10 Å². The smallest absolute Gasteiger partial charge is 0.271 e. The Morgan fingerprint density at radius 3 is 2.41 bits per heavy atom. The van der Waals surface area contributed by atoms with Gasteiger partial charge in [0.15, 0.2) is 0 Å². The molecule has 1 amide bonds. The Morgan fingerprint density at radius 1 is 0.931 bits per heavy atom. The Labute approximate surface area is 168 Å². The number of rotatable bonds is 5. The Balaban J connectivity index is 1.82. The van der Waals surface area contributed by atoms with E-state index in [2.05, 4.69) is 10.5 Å². The number of aryl methyl sites for hydroxylation is 1. The van der Waals surface area contributed by atoms with Crippen molar-refractivity contribution in [2.75, 3.05) is 0 Å². The van der Waals surface area contributed by atoms with Gasteiger partial charge in [-0.3, -0.25) is 4.79 Å². The molecule has 0 saturated heterocycles. The molecular formula is C23H20N2O4. The highest BCUT2D eigenvalue weighted by Gasteiger charge is 2.08. The number of phenols is 3. The topological polar surface area (TPSA) is 102 Å². The Morgan fingerprint density at radius 2 is 1.69 bits per heavy atom. The van der Waals surface area contributed by atoms with Gasteiger partial charge in [-0.1, -0.05) is 42.0 Å². The minimum absolute atomic E-state index is 0.103. The summed E-state index contributed by atoms with van der Waals surface area (Å²) < 4.78 is 0. The summed E-state index contributed by atoms with van der Waals surface area (Å²) in [5, 5.41) is 33.3. The average molecular weight is 388 g/mol. The normalized spacial score (nSPS) is 11.2. The molecule has 6 nitrogen and oxygen atoms in total. The van der Waals surface area contributed by atoms with Crippen molar-refractivity contribution >= 4 is 24.3 Å². The largest absolute Gasteiger partial charge is 0.508 e. The monoisotopic (exact) mass is 388 g/mol. The van der Waals surface area contributed by atoms with E-state index in [0.717, 1.165) is 11.1 Å². The molecule has 0 spiro atoms. The van der Waals surface area contributed by atoms with Crippen LogP contribution >= 0.6 is 0 Å². The molecular weight excluding hydrogens is 368 g/mol. The van der Waals surface area contributed by atoms with Crippen molar-refractivity contribution in [3.8, 4) is 17.2 Å².